The lowest BCUT2D eigenvalue weighted by Gasteiger charge is -2.11. The zero-order chi connectivity index (χ0) is 16.6. The van der Waals surface area contributed by atoms with Gasteiger partial charge in [-0.25, -0.2) is 4.98 Å². The van der Waals surface area contributed by atoms with Crippen LogP contribution in [0.4, 0.5) is 5.13 Å². The number of hydrogen-bond acceptors (Lipinski definition) is 4. The van der Waals surface area contributed by atoms with Crippen LogP contribution in [-0.2, 0) is 0 Å². The van der Waals surface area contributed by atoms with Crippen LogP contribution in [0, 0.1) is 13.8 Å². The smallest absolute Gasteiger partial charge is 0.261 e. The van der Waals surface area contributed by atoms with Crippen molar-refractivity contribution in [2.45, 2.75) is 13.8 Å². The van der Waals surface area contributed by atoms with Crippen molar-refractivity contribution in [3.05, 3.63) is 51.5 Å². The summed E-state index contributed by atoms with van der Waals surface area (Å²) in [6.07, 6.45) is 0. The van der Waals surface area contributed by atoms with Gasteiger partial charge in [0.1, 0.15) is 5.75 Å². The highest BCUT2D eigenvalue weighted by atomic mass is 79.9. The summed E-state index contributed by atoms with van der Waals surface area (Å²) in [4.78, 5) is 17.1. The molecule has 0 aliphatic heterocycles. The number of methoxy groups -OCH3 is 1. The van der Waals surface area contributed by atoms with Crippen LogP contribution in [0.3, 0.4) is 0 Å². The van der Waals surface area contributed by atoms with Crippen molar-refractivity contribution in [3.8, 4) is 5.75 Å². The fraction of sp³-hybridized carbons (Fsp3) is 0.176. The van der Waals surface area contributed by atoms with Gasteiger partial charge in [0.15, 0.2) is 5.13 Å². The monoisotopic (exact) mass is 390 g/mol. The predicted molar refractivity (Wildman–Crippen MR) is 97.7 cm³/mol. The topological polar surface area (TPSA) is 51.2 Å². The molecule has 0 unspecified atom stereocenters. The number of carbonyl (C=O) groups is 1. The summed E-state index contributed by atoms with van der Waals surface area (Å²) >= 11 is 4.88. The highest BCUT2D eigenvalue weighted by Crippen LogP contribution is 2.30. The molecule has 1 aromatic heterocycles. The zero-order valence-corrected chi connectivity index (χ0v) is 15.3. The molecule has 0 aliphatic carbocycles. The lowest BCUT2D eigenvalue weighted by molar-refractivity contribution is 0.102. The zero-order valence-electron chi connectivity index (χ0n) is 12.9. The van der Waals surface area contributed by atoms with Crippen molar-refractivity contribution in [2.75, 3.05) is 12.4 Å². The van der Waals surface area contributed by atoms with Gasteiger partial charge < -0.3 is 4.74 Å². The minimum absolute atomic E-state index is 0.234. The van der Waals surface area contributed by atoms with Gasteiger partial charge in [-0.2, -0.15) is 0 Å². The van der Waals surface area contributed by atoms with E-state index in [-0.39, 0.29) is 5.91 Å². The van der Waals surface area contributed by atoms with Crippen LogP contribution in [0.2, 0.25) is 0 Å². The second-order valence-corrected chi connectivity index (χ2v) is 7.19. The quantitative estimate of drug-likeness (QED) is 0.688. The fourth-order valence-electron chi connectivity index (χ4n) is 2.42. The molecule has 0 bridgehead atoms. The van der Waals surface area contributed by atoms with Gasteiger partial charge in [0.2, 0.25) is 0 Å². The number of aryl methyl sites for hydroxylation is 2. The van der Waals surface area contributed by atoms with Gasteiger partial charge in [0, 0.05) is 4.47 Å². The summed E-state index contributed by atoms with van der Waals surface area (Å²) in [5.74, 6) is 0.338. The number of hydrogen-bond donors (Lipinski definition) is 1. The Morgan fingerprint density at radius 2 is 2.04 bits per heavy atom. The minimum atomic E-state index is -0.234. The summed E-state index contributed by atoms with van der Waals surface area (Å²) in [6.45, 7) is 3.94. The average molecular weight is 391 g/mol. The first-order valence-electron chi connectivity index (χ1n) is 7.00. The van der Waals surface area contributed by atoms with Gasteiger partial charge in [0.25, 0.3) is 5.91 Å². The maximum Gasteiger partial charge on any atom is 0.261 e. The van der Waals surface area contributed by atoms with Crippen molar-refractivity contribution in [1.82, 2.24) is 4.98 Å². The third-order valence-corrected chi connectivity index (χ3v) is 4.84. The highest BCUT2D eigenvalue weighted by Gasteiger charge is 2.17. The number of thiazole rings is 1. The molecule has 3 aromatic rings. The molecule has 0 saturated heterocycles. The van der Waals surface area contributed by atoms with Crippen molar-refractivity contribution in [1.29, 1.82) is 0 Å². The molecule has 2 aromatic carbocycles. The molecular formula is C17H15BrN2O2S. The van der Waals surface area contributed by atoms with Crippen molar-refractivity contribution in [2.24, 2.45) is 0 Å². The number of amides is 1. The van der Waals surface area contributed by atoms with Crippen LogP contribution in [0.25, 0.3) is 10.2 Å². The van der Waals surface area contributed by atoms with Gasteiger partial charge in [-0.1, -0.05) is 33.3 Å². The van der Waals surface area contributed by atoms with Crippen molar-refractivity contribution in [3.63, 3.8) is 0 Å². The van der Waals surface area contributed by atoms with Crippen molar-refractivity contribution < 1.29 is 9.53 Å². The van der Waals surface area contributed by atoms with E-state index in [0.717, 1.165) is 20.3 Å². The van der Waals surface area contributed by atoms with E-state index < -0.39 is 0 Å². The molecule has 4 nitrogen and oxygen atoms in total. The van der Waals surface area contributed by atoms with Crippen LogP contribution in [0.5, 0.6) is 5.75 Å². The summed E-state index contributed by atoms with van der Waals surface area (Å²) in [7, 11) is 1.56. The molecule has 23 heavy (non-hydrogen) atoms. The molecular weight excluding hydrogens is 376 g/mol. The minimum Gasteiger partial charge on any atom is -0.496 e. The molecule has 6 heteroatoms. The third-order valence-electron chi connectivity index (χ3n) is 3.45. The van der Waals surface area contributed by atoms with Crippen LogP contribution >= 0.6 is 27.3 Å². The number of anilines is 1. The first-order chi connectivity index (χ1) is 11.0. The summed E-state index contributed by atoms with van der Waals surface area (Å²) < 4.78 is 7.25. The Morgan fingerprint density at radius 3 is 2.78 bits per heavy atom. The molecule has 0 radical (unpaired) electrons. The van der Waals surface area contributed by atoms with Crippen LogP contribution in [0.15, 0.2) is 34.8 Å². The summed E-state index contributed by atoms with van der Waals surface area (Å²) in [5.41, 5.74) is 3.43. The molecule has 0 spiro atoms. The Bertz CT molecular complexity index is 905. The number of fused-ring (bicyclic) bond motifs is 1. The number of nitrogens with zero attached hydrogens (tertiary/aromatic N) is 1. The Labute approximate surface area is 146 Å². The molecule has 0 atom stereocenters. The van der Waals surface area contributed by atoms with Crippen LogP contribution < -0.4 is 10.1 Å². The number of ether oxygens (including phenoxy) is 1. The number of rotatable bonds is 3. The third kappa shape index (κ3) is 3.23. The Morgan fingerprint density at radius 1 is 1.26 bits per heavy atom. The fourth-order valence-corrected chi connectivity index (χ4v) is 3.95. The van der Waals surface area contributed by atoms with Gasteiger partial charge in [-0.05, 0) is 49.2 Å². The first-order valence-corrected chi connectivity index (χ1v) is 8.61. The van der Waals surface area contributed by atoms with Crippen LogP contribution in [-0.4, -0.2) is 18.0 Å². The highest BCUT2D eigenvalue weighted by molar-refractivity contribution is 9.10. The molecule has 0 aliphatic rings. The molecule has 1 heterocycles. The maximum atomic E-state index is 12.6. The molecule has 3 rings (SSSR count). The molecule has 0 fully saturated rings. The second-order valence-electron chi connectivity index (χ2n) is 5.25. The standard InChI is InChI=1S/C17H15BrN2O2S/c1-9-4-5-13-14(6-9)23-17(19-13)20-16(21)12-8-11(18)7-10(2)15(12)22-3/h4-8H,1-3H3,(H,19,20,21). The van der Waals surface area contributed by atoms with Gasteiger partial charge in [0.05, 0.1) is 22.9 Å². The Hall–Kier alpha value is -1.92. The Kier molecular flexibility index (Phi) is 4.37. The van der Waals surface area contributed by atoms with E-state index in [0.29, 0.717) is 16.4 Å². The normalized spacial score (nSPS) is 10.8. The van der Waals surface area contributed by atoms with Gasteiger partial charge in [-0.15, -0.1) is 0 Å². The summed E-state index contributed by atoms with van der Waals surface area (Å²) in [6, 6.07) is 9.69. The SMILES string of the molecule is COc1c(C)cc(Br)cc1C(=O)Nc1nc2ccc(C)cc2s1. The number of halogens is 1. The first kappa shape index (κ1) is 16.0. The summed E-state index contributed by atoms with van der Waals surface area (Å²) in [5, 5.41) is 3.44. The van der Waals surface area contributed by atoms with Crippen LogP contribution in [0.1, 0.15) is 21.5 Å². The lowest BCUT2D eigenvalue weighted by Crippen LogP contribution is -2.13. The predicted octanol–water partition coefficient (Wildman–Crippen LogP) is 4.94. The van der Waals surface area contributed by atoms with E-state index in [1.165, 1.54) is 16.9 Å². The molecule has 118 valence electrons. The van der Waals surface area contributed by atoms with E-state index >= 15 is 0 Å². The van der Waals surface area contributed by atoms with E-state index in [4.69, 9.17) is 4.74 Å². The Balaban J connectivity index is 1.94. The second kappa shape index (κ2) is 6.29. The van der Waals surface area contributed by atoms with E-state index in [1.54, 1.807) is 13.2 Å². The molecule has 1 amide bonds. The number of benzene rings is 2. The lowest BCUT2D eigenvalue weighted by atomic mass is 10.1. The van der Waals surface area contributed by atoms with Crippen molar-refractivity contribution >= 4 is 48.5 Å². The number of nitrogens with one attached hydrogen (secondary N) is 1. The van der Waals surface area contributed by atoms with Gasteiger partial charge in [-0.3, -0.25) is 10.1 Å². The maximum absolute atomic E-state index is 12.6. The van der Waals surface area contributed by atoms with Gasteiger partial charge >= 0.3 is 0 Å². The number of carbonyl (C=O) groups excluding carboxylic acids is 1. The number of aromatic nitrogens is 1. The molecule has 1 N–H and O–H groups in total. The average Bonchev–Trinajstić information content (AvgIpc) is 2.87. The van der Waals surface area contributed by atoms with E-state index in [2.05, 4.69) is 32.3 Å². The van der Waals surface area contributed by atoms with E-state index in [1.807, 2.05) is 32.0 Å². The molecule has 0 saturated carbocycles. The largest absolute Gasteiger partial charge is 0.496 e. The van der Waals surface area contributed by atoms with E-state index in [9.17, 15) is 4.79 Å².